The molecule has 8 heteroatoms. The number of aromatic nitrogens is 1. The number of carbonyl (C=O) groups excluding carboxylic acids is 1. The average Bonchev–Trinajstić information content (AvgIpc) is 3.13. The van der Waals surface area contributed by atoms with Crippen molar-refractivity contribution in [1.82, 2.24) is 14.2 Å². The van der Waals surface area contributed by atoms with Crippen molar-refractivity contribution in [3.63, 3.8) is 0 Å². The van der Waals surface area contributed by atoms with Gasteiger partial charge < -0.3 is 9.88 Å². The number of nitrogens with zero attached hydrogens (tertiary/aromatic N) is 2. The fourth-order valence-corrected chi connectivity index (χ4v) is 4.91. The van der Waals surface area contributed by atoms with Crippen LogP contribution in [0.15, 0.2) is 45.9 Å². The minimum atomic E-state index is -3.54. The summed E-state index contributed by atoms with van der Waals surface area (Å²) in [7, 11) is -3.54. The number of amides is 1. The number of carbonyl (C=O) groups is 1. The summed E-state index contributed by atoms with van der Waals surface area (Å²) in [5, 5.41) is 0. The SMILES string of the molecule is CCC(C)c1ccc(S(=O)(=O)N2CCN(C(=O)c3cc(Br)c[nH]3)CC2)cc1. The number of rotatable bonds is 5. The van der Waals surface area contributed by atoms with Gasteiger partial charge in [-0.25, -0.2) is 8.42 Å². The van der Waals surface area contributed by atoms with E-state index >= 15 is 0 Å². The second-order valence-electron chi connectivity index (χ2n) is 6.81. The lowest BCUT2D eigenvalue weighted by Crippen LogP contribution is -2.50. The summed E-state index contributed by atoms with van der Waals surface area (Å²) < 4.78 is 28.1. The second kappa shape index (κ2) is 8.16. The molecule has 0 radical (unpaired) electrons. The summed E-state index contributed by atoms with van der Waals surface area (Å²) in [4.78, 5) is 17.4. The van der Waals surface area contributed by atoms with Gasteiger partial charge in [0.1, 0.15) is 5.69 Å². The van der Waals surface area contributed by atoms with E-state index in [1.54, 1.807) is 29.3 Å². The van der Waals surface area contributed by atoms with Crippen molar-refractivity contribution >= 4 is 31.9 Å². The number of benzene rings is 1. The van der Waals surface area contributed by atoms with E-state index in [4.69, 9.17) is 0 Å². The first-order valence-corrected chi connectivity index (χ1v) is 11.3. The summed E-state index contributed by atoms with van der Waals surface area (Å²) in [6.07, 6.45) is 2.72. The Morgan fingerprint density at radius 2 is 1.81 bits per heavy atom. The molecule has 0 saturated carbocycles. The van der Waals surface area contributed by atoms with Crippen LogP contribution in [-0.4, -0.2) is 54.7 Å². The second-order valence-corrected chi connectivity index (χ2v) is 9.66. The zero-order valence-electron chi connectivity index (χ0n) is 15.5. The van der Waals surface area contributed by atoms with E-state index in [0.717, 1.165) is 16.5 Å². The number of sulfonamides is 1. The molecule has 0 aliphatic carbocycles. The predicted molar refractivity (Wildman–Crippen MR) is 108 cm³/mol. The number of hydrogen-bond acceptors (Lipinski definition) is 3. The van der Waals surface area contributed by atoms with Crippen LogP contribution in [0.3, 0.4) is 0 Å². The molecule has 27 heavy (non-hydrogen) atoms. The maximum atomic E-state index is 12.9. The highest BCUT2D eigenvalue weighted by Gasteiger charge is 2.30. The smallest absolute Gasteiger partial charge is 0.270 e. The van der Waals surface area contributed by atoms with E-state index < -0.39 is 10.0 Å². The molecule has 6 nitrogen and oxygen atoms in total. The van der Waals surface area contributed by atoms with Crippen molar-refractivity contribution in [2.24, 2.45) is 0 Å². The molecular formula is C19H24BrN3O3S. The number of nitrogens with one attached hydrogen (secondary N) is 1. The third-order valence-electron chi connectivity index (χ3n) is 5.10. The van der Waals surface area contributed by atoms with Gasteiger partial charge >= 0.3 is 0 Å². The Hall–Kier alpha value is -1.64. The monoisotopic (exact) mass is 453 g/mol. The first kappa shape index (κ1) is 20.1. The van der Waals surface area contributed by atoms with Crippen LogP contribution in [0.2, 0.25) is 0 Å². The molecule has 1 aromatic carbocycles. The highest BCUT2D eigenvalue weighted by atomic mass is 79.9. The summed E-state index contributed by atoms with van der Waals surface area (Å²) in [5.41, 5.74) is 1.64. The Morgan fingerprint density at radius 3 is 2.33 bits per heavy atom. The van der Waals surface area contributed by atoms with Crippen molar-refractivity contribution in [1.29, 1.82) is 0 Å². The Labute approximate surface area is 168 Å². The van der Waals surface area contributed by atoms with E-state index in [1.165, 1.54) is 4.31 Å². The van der Waals surface area contributed by atoms with Gasteiger partial charge in [-0.3, -0.25) is 4.79 Å². The summed E-state index contributed by atoms with van der Waals surface area (Å²) in [6.45, 7) is 5.58. The first-order chi connectivity index (χ1) is 12.8. The molecule has 1 N–H and O–H groups in total. The molecule has 1 saturated heterocycles. The quantitative estimate of drug-likeness (QED) is 0.753. The molecule has 1 aliphatic heterocycles. The van der Waals surface area contributed by atoms with Gasteiger partial charge in [0.2, 0.25) is 10.0 Å². The number of aromatic amines is 1. The van der Waals surface area contributed by atoms with E-state index in [0.29, 0.717) is 42.7 Å². The fourth-order valence-electron chi connectivity index (χ4n) is 3.15. The van der Waals surface area contributed by atoms with Gasteiger partial charge in [-0.05, 0) is 52.0 Å². The van der Waals surface area contributed by atoms with Gasteiger partial charge in [0.05, 0.1) is 4.90 Å². The highest BCUT2D eigenvalue weighted by Crippen LogP contribution is 2.23. The fraction of sp³-hybridized carbons (Fsp3) is 0.421. The van der Waals surface area contributed by atoms with Crippen molar-refractivity contribution in [2.75, 3.05) is 26.2 Å². The van der Waals surface area contributed by atoms with E-state index in [9.17, 15) is 13.2 Å². The zero-order chi connectivity index (χ0) is 19.6. The zero-order valence-corrected chi connectivity index (χ0v) is 17.9. The number of piperazine rings is 1. The van der Waals surface area contributed by atoms with E-state index in [1.807, 2.05) is 12.1 Å². The van der Waals surface area contributed by atoms with Crippen LogP contribution in [0, 0.1) is 0 Å². The lowest BCUT2D eigenvalue weighted by atomic mass is 9.99. The molecule has 3 rings (SSSR count). The van der Waals surface area contributed by atoms with Crippen LogP contribution < -0.4 is 0 Å². The van der Waals surface area contributed by atoms with Crippen molar-refractivity contribution < 1.29 is 13.2 Å². The molecule has 2 heterocycles. The molecule has 1 aliphatic rings. The molecule has 1 unspecified atom stereocenters. The Bertz CT molecular complexity index is 901. The van der Waals surface area contributed by atoms with Crippen molar-refractivity contribution in [3.05, 3.63) is 52.3 Å². The number of halogens is 1. The van der Waals surface area contributed by atoms with Crippen LogP contribution in [0.25, 0.3) is 0 Å². The minimum absolute atomic E-state index is 0.115. The van der Waals surface area contributed by atoms with Gasteiger partial charge in [0.15, 0.2) is 0 Å². The molecular weight excluding hydrogens is 430 g/mol. The van der Waals surface area contributed by atoms with Crippen LogP contribution in [-0.2, 0) is 10.0 Å². The molecule has 146 valence electrons. The number of H-pyrrole nitrogens is 1. The molecule has 1 aromatic heterocycles. The minimum Gasteiger partial charge on any atom is -0.356 e. The standard InChI is InChI=1S/C19H24BrN3O3S/c1-3-14(2)15-4-6-17(7-5-15)27(25,26)23-10-8-22(9-11-23)19(24)18-12-16(20)13-21-18/h4-7,12-14,21H,3,8-11H2,1-2H3. The number of hydrogen-bond donors (Lipinski definition) is 1. The van der Waals surface area contributed by atoms with Crippen LogP contribution in [0.4, 0.5) is 0 Å². The van der Waals surface area contributed by atoms with Gasteiger partial charge in [0.25, 0.3) is 5.91 Å². The van der Waals surface area contributed by atoms with E-state index in [2.05, 4.69) is 34.8 Å². The summed E-state index contributed by atoms with van der Waals surface area (Å²) in [6, 6.07) is 8.88. The van der Waals surface area contributed by atoms with Gasteiger partial charge in [-0.15, -0.1) is 0 Å². The van der Waals surface area contributed by atoms with Crippen LogP contribution in [0.1, 0.15) is 42.2 Å². The van der Waals surface area contributed by atoms with Crippen molar-refractivity contribution in [3.8, 4) is 0 Å². The lowest BCUT2D eigenvalue weighted by Gasteiger charge is -2.33. The van der Waals surface area contributed by atoms with Crippen LogP contribution in [0.5, 0.6) is 0 Å². The molecule has 1 fully saturated rings. The predicted octanol–water partition coefficient (Wildman–Crippen LogP) is 3.44. The topological polar surface area (TPSA) is 73.5 Å². The molecule has 1 amide bonds. The third kappa shape index (κ3) is 4.28. The van der Waals surface area contributed by atoms with Gasteiger partial charge in [0, 0.05) is 36.8 Å². The molecule has 1 atom stereocenters. The maximum Gasteiger partial charge on any atom is 0.270 e. The van der Waals surface area contributed by atoms with E-state index in [-0.39, 0.29) is 5.91 Å². The Balaban J connectivity index is 1.66. The maximum absolute atomic E-state index is 12.9. The van der Waals surface area contributed by atoms with Crippen LogP contribution >= 0.6 is 15.9 Å². The summed E-state index contributed by atoms with van der Waals surface area (Å²) >= 11 is 3.31. The lowest BCUT2D eigenvalue weighted by molar-refractivity contribution is 0.0692. The molecule has 0 bridgehead atoms. The Kier molecular flexibility index (Phi) is 6.08. The molecule has 2 aromatic rings. The highest BCUT2D eigenvalue weighted by molar-refractivity contribution is 9.10. The van der Waals surface area contributed by atoms with Gasteiger partial charge in [-0.1, -0.05) is 26.0 Å². The normalized spacial score (nSPS) is 17.1. The third-order valence-corrected chi connectivity index (χ3v) is 7.47. The summed E-state index contributed by atoms with van der Waals surface area (Å²) in [5.74, 6) is 0.292. The molecule has 0 spiro atoms. The average molecular weight is 454 g/mol. The van der Waals surface area contributed by atoms with Crippen molar-refractivity contribution in [2.45, 2.75) is 31.1 Å². The first-order valence-electron chi connectivity index (χ1n) is 9.06. The Morgan fingerprint density at radius 1 is 1.19 bits per heavy atom. The largest absolute Gasteiger partial charge is 0.356 e. The van der Waals surface area contributed by atoms with Gasteiger partial charge in [-0.2, -0.15) is 4.31 Å².